The van der Waals surface area contributed by atoms with E-state index in [2.05, 4.69) is 19.1 Å². The Labute approximate surface area is 159 Å². The van der Waals surface area contributed by atoms with Crippen LogP contribution in [-0.4, -0.2) is 55.3 Å². The predicted molar refractivity (Wildman–Crippen MR) is 106 cm³/mol. The van der Waals surface area contributed by atoms with Crippen LogP contribution in [0.1, 0.15) is 64.7 Å². The average Bonchev–Trinajstić information content (AvgIpc) is 2.50. The molecule has 0 amide bonds. The number of allylic oxidation sites excluding steroid dienone is 3. The van der Waals surface area contributed by atoms with E-state index in [1.165, 1.54) is 44.6 Å². The zero-order chi connectivity index (χ0) is 19.8. The van der Waals surface area contributed by atoms with Crippen LogP contribution in [0.2, 0.25) is 0 Å². The molecule has 0 saturated carbocycles. The van der Waals surface area contributed by atoms with Gasteiger partial charge in [0.25, 0.3) is 0 Å². The lowest BCUT2D eigenvalue weighted by molar-refractivity contribution is -0.873. The van der Waals surface area contributed by atoms with Crippen molar-refractivity contribution in [2.45, 2.75) is 70.8 Å². The van der Waals surface area contributed by atoms with Crippen molar-refractivity contribution in [3.05, 3.63) is 24.3 Å². The van der Waals surface area contributed by atoms with Crippen LogP contribution < -0.4 is 0 Å². The molecule has 0 rings (SSSR count). The van der Waals surface area contributed by atoms with Gasteiger partial charge < -0.3 is 14.3 Å². The summed E-state index contributed by atoms with van der Waals surface area (Å²) in [5, 5.41) is 8.95. The molecule has 5 heteroatoms. The zero-order valence-electron chi connectivity index (χ0n) is 17.1. The van der Waals surface area contributed by atoms with Gasteiger partial charge in [-0.15, -0.1) is 0 Å². The smallest absolute Gasteiger partial charge is 0.330 e. The average molecular weight is 369 g/mol. The fourth-order valence-electron chi connectivity index (χ4n) is 2.65. The number of carbonyl (C=O) groups is 2. The second kappa shape index (κ2) is 14.5. The van der Waals surface area contributed by atoms with Crippen molar-refractivity contribution >= 4 is 11.9 Å². The second-order valence-corrected chi connectivity index (χ2v) is 7.80. The minimum Gasteiger partial charge on any atom is -0.481 e. The topological polar surface area (TPSA) is 63.6 Å². The summed E-state index contributed by atoms with van der Waals surface area (Å²) in [6.45, 7) is 2.69. The van der Waals surface area contributed by atoms with Crippen molar-refractivity contribution < 1.29 is 23.9 Å². The van der Waals surface area contributed by atoms with E-state index < -0.39 is 18.0 Å². The molecule has 0 saturated heterocycles. The molecule has 0 aliphatic rings. The maximum Gasteiger partial charge on any atom is 0.330 e. The van der Waals surface area contributed by atoms with Gasteiger partial charge >= 0.3 is 11.9 Å². The largest absolute Gasteiger partial charge is 0.481 e. The summed E-state index contributed by atoms with van der Waals surface area (Å²) in [5.74, 6) is -1.44. The monoisotopic (exact) mass is 368 g/mol. The quantitative estimate of drug-likeness (QED) is 0.154. The lowest BCUT2D eigenvalue weighted by Crippen LogP contribution is -2.43. The number of hydrogen-bond donors (Lipinski definition) is 1. The predicted octanol–water partition coefficient (Wildman–Crippen LogP) is 4.33. The summed E-state index contributed by atoms with van der Waals surface area (Å²) < 4.78 is 5.82. The third kappa shape index (κ3) is 17.2. The van der Waals surface area contributed by atoms with Gasteiger partial charge in [-0.1, -0.05) is 57.3 Å². The lowest BCUT2D eigenvalue weighted by atomic mass is 10.1. The molecule has 0 fully saturated rings. The van der Waals surface area contributed by atoms with E-state index in [-0.39, 0.29) is 6.42 Å². The molecule has 0 aromatic heterocycles. The number of quaternary nitrogens is 1. The number of carbonyl (C=O) groups excluding carboxylic acids is 1. The lowest BCUT2D eigenvalue weighted by Gasteiger charge is -2.28. The number of ether oxygens (including phenoxy) is 1. The minimum atomic E-state index is -0.960. The van der Waals surface area contributed by atoms with Gasteiger partial charge in [-0.25, -0.2) is 4.79 Å². The summed E-state index contributed by atoms with van der Waals surface area (Å²) in [4.78, 5) is 22.8. The van der Waals surface area contributed by atoms with Crippen LogP contribution >= 0.6 is 0 Å². The molecule has 0 unspecified atom stereocenters. The highest BCUT2D eigenvalue weighted by molar-refractivity contribution is 5.82. The summed E-state index contributed by atoms with van der Waals surface area (Å²) >= 11 is 0. The van der Waals surface area contributed by atoms with Gasteiger partial charge in [0, 0.05) is 6.08 Å². The molecule has 0 heterocycles. The first-order chi connectivity index (χ1) is 12.2. The Hall–Kier alpha value is -1.62. The number of likely N-dealkylation sites (N-methyl/N-ethyl adjacent to an activating group) is 1. The molecule has 0 radical (unpaired) electrons. The van der Waals surface area contributed by atoms with Crippen LogP contribution in [0.15, 0.2) is 24.3 Å². The Kier molecular flexibility index (Phi) is 13.6. The van der Waals surface area contributed by atoms with E-state index in [4.69, 9.17) is 9.84 Å². The first-order valence-electron chi connectivity index (χ1n) is 9.79. The fraction of sp³-hybridized carbons (Fsp3) is 0.714. The zero-order valence-corrected chi connectivity index (χ0v) is 17.1. The molecule has 1 N–H and O–H groups in total. The molecule has 0 spiro atoms. The van der Waals surface area contributed by atoms with E-state index in [0.29, 0.717) is 17.4 Å². The van der Waals surface area contributed by atoms with Crippen molar-refractivity contribution in [3.63, 3.8) is 0 Å². The first kappa shape index (κ1) is 24.4. The van der Waals surface area contributed by atoms with Gasteiger partial charge in [0.2, 0.25) is 0 Å². The van der Waals surface area contributed by atoms with Crippen LogP contribution in [0, 0.1) is 0 Å². The molecule has 26 heavy (non-hydrogen) atoms. The molecular weight excluding hydrogens is 330 g/mol. The third-order valence-electron chi connectivity index (χ3n) is 3.85. The first-order valence-corrected chi connectivity index (χ1v) is 9.79. The Balaban J connectivity index is 4.01. The van der Waals surface area contributed by atoms with Crippen molar-refractivity contribution in [2.24, 2.45) is 0 Å². The molecule has 150 valence electrons. The Bertz CT molecular complexity index is 449. The van der Waals surface area contributed by atoms with Crippen LogP contribution in [0.4, 0.5) is 0 Å². The van der Waals surface area contributed by atoms with Crippen molar-refractivity contribution in [3.8, 4) is 0 Å². The van der Waals surface area contributed by atoms with E-state index >= 15 is 0 Å². The maximum atomic E-state index is 11.8. The molecule has 0 aromatic carbocycles. The molecular formula is C21H38NO4+. The second-order valence-electron chi connectivity index (χ2n) is 7.80. The molecule has 0 aliphatic heterocycles. The molecule has 0 aliphatic carbocycles. The molecule has 0 aromatic rings. The molecule has 5 nitrogen and oxygen atoms in total. The summed E-state index contributed by atoms with van der Waals surface area (Å²) in [7, 11) is 5.81. The van der Waals surface area contributed by atoms with E-state index in [9.17, 15) is 9.59 Å². The number of rotatable bonds is 15. The normalized spacial score (nSPS) is 13.4. The number of nitrogens with zero attached hydrogens (tertiary/aromatic N) is 1. The van der Waals surface area contributed by atoms with Crippen molar-refractivity contribution in [1.29, 1.82) is 0 Å². The van der Waals surface area contributed by atoms with Crippen LogP contribution in [0.25, 0.3) is 0 Å². The highest BCUT2D eigenvalue weighted by atomic mass is 16.5. The molecule has 0 bridgehead atoms. The number of carboxylic acid groups (broad SMARTS) is 1. The Morgan fingerprint density at radius 2 is 1.65 bits per heavy atom. The minimum absolute atomic E-state index is 0.173. The van der Waals surface area contributed by atoms with Gasteiger partial charge in [0.1, 0.15) is 6.54 Å². The number of hydrogen-bond acceptors (Lipinski definition) is 3. The highest BCUT2D eigenvalue weighted by Gasteiger charge is 2.23. The fourth-order valence-corrected chi connectivity index (χ4v) is 2.65. The van der Waals surface area contributed by atoms with Crippen LogP contribution in [0.5, 0.6) is 0 Å². The maximum absolute atomic E-state index is 11.8. The summed E-state index contributed by atoms with van der Waals surface area (Å²) in [5.41, 5.74) is 0. The van der Waals surface area contributed by atoms with Crippen molar-refractivity contribution in [1.82, 2.24) is 0 Å². The number of carboxylic acids is 1. The SMILES string of the molecule is CCCCCCCC/C=C\C/C=C/C(=O)O[C@H](CC(=O)O)C[N+](C)(C)C. The van der Waals surface area contributed by atoms with Gasteiger partial charge in [0.15, 0.2) is 6.10 Å². The van der Waals surface area contributed by atoms with Gasteiger partial charge in [-0.2, -0.15) is 0 Å². The van der Waals surface area contributed by atoms with Gasteiger partial charge in [-0.05, 0) is 19.3 Å². The highest BCUT2D eigenvalue weighted by Crippen LogP contribution is 2.08. The Morgan fingerprint density at radius 3 is 2.27 bits per heavy atom. The number of aliphatic carboxylic acids is 1. The van der Waals surface area contributed by atoms with Crippen LogP contribution in [-0.2, 0) is 14.3 Å². The van der Waals surface area contributed by atoms with E-state index in [1.54, 1.807) is 6.08 Å². The third-order valence-corrected chi connectivity index (χ3v) is 3.85. The summed E-state index contributed by atoms with van der Waals surface area (Å²) in [6.07, 6.45) is 16.1. The van der Waals surface area contributed by atoms with Crippen molar-refractivity contribution in [2.75, 3.05) is 27.7 Å². The van der Waals surface area contributed by atoms with Crippen LogP contribution in [0.3, 0.4) is 0 Å². The van der Waals surface area contributed by atoms with Gasteiger partial charge in [0.05, 0.1) is 27.6 Å². The standard InChI is InChI=1S/C21H37NO4/c1-5-6-7-8-9-10-11-12-13-14-15-16-21(25)26-19(17-20(23)24)18-22(2,3)4/h12-13,15-16,19H,5-11,14,17-18H2,1-4H3/p+1/b13-12-,16-15+/t19-/m1/s1. The summed E-state index contributed by atoms with van der Waals surface area (Å²) in [6, 6.07) is 0. The van der Waals surface area contributed by atoms with Gasteiger partial charge in [-0.3, -0.25) is 4.79 Å². The number of unbranched alkanes of at least 4 members (excludes halogenated alkanes) is 6. The number of esters is 1. The Morgan fingerprint density at radius 1 is 1.00 bits per heavy atom. The molecule has 1 atom stereocenters. The van der Waals surface area contributed by atoms with E-state index in [0.717, 1.165) is 6.42 Å². The van der Waals surface area contributed by atoms with E-state index in [1.807, 2.05) is 21.1 Å².